The summed E-state index contributed by atoms with van der Waals surface area (Å²) in [7, 11) is 1.62. The van der Waals surface area contributed by atoms with Crippen LogP contribution in [0.4, 0.5) is 0 Å². The summed E-state index contributed by atoms with van der Waals surface area (Å²) >= 11 is 0. The average molecular weight is 404 g/mol. The molecule has 1 aromatic carbocycles. The molecular formula is C21H20N6O3. The summed E-state index contributed by atoms with van der Waals surface area (Å²) in [5.74, 6) is 0.448. The SMILES string of the molecule is CNC(=O)c1ccccc1.O=c1[nH]cc(-c2cc(C3CC3)c3nccn3n2)c(=O)[nH]1. The number of aromatic nitrogens is 5. The maximum atomic E-state index is 11.9. The predicted molar refractivity (Wildman–Crippen MR) is 111 cm³/mol. The smallest absolute Gasteiger partial charge is 0.325 e. The molecule has 1 aliphatic rings. The Morgan fingerprint density at radius 2 is 1.97 bits per heavy atom. The van der Waals surface area contributed by atoms with Gasteiger partial charge in [0.1, 0.15) is 0 Å². The second-order valence-electron chi connectivity index (χ2n) is 6.89. The number of aromatic amines is 2. The molecule has 0 bridgehead atoms. The third kappa shape index (κ3) is 4.04. The molecule has 3 heterocycles. The van der Waals surface area contributed by atoms with Gasteiger partial charge < -0.3 is 10.3 Å². The lowest BCUT2D eigenvalue weighted by molar-refractivity contribution is 0.0963. The number of carbonyl (C=O) groups is 1. The molecule has 5 rings (SSSR count). The van der Waals surface area contributed by atoms with E-state index in [0.29, 0.717) is 22.7 Å². The van der Waals surface area contributed by atoms with Crippen LogP contribution >= 0.6 is 0 Å². The molecule has 1 aliphatic carbocycles. The summed E-state index contributed by atoms with van der Waals surface area (Å²) in [6.07, 6.45) is 7.10. The van der Waals surface area contributed by atoms with Gasteiger partial charge in [-0.15, -0.1) is 0 Å². The van der Waals surface area contributed by atoms with Crippen LogP contribution in [-0.4, -0.2) is 37.5 Å². The summed E-state index contributed by atoms with van der Waals surface area (Å²) < 4.78 is 1.67. The fourth-order valence-corrected chi connectivity index (χ4v) is 3.10. The second kappa shape index (κ2) is 8.16. The normalized spacial score (nSPS) is 12.8. The molecule has 0 atom stereocenters. The molecule has 9 heteroatoms. The Labute approximate surface area is 170 Å². The molecule has 1 fully saturated rings. The van der Waals surface area contributed by atoms with Gasteiger partial charge in [-0.1, -0.05) is 18.2 Å². The molecule has 0 spiro atoms. The Morgan fingerprint density at radius 1 is 1.20 bits per heavy atom. The Bertz CT molecular complexity index is 1300. The Hall–Kier alpha value is -4.01. The van der Waals surface area contributed by atoms with Crippen molar-refractivity contribution in [1.29, 1.82) is 0 Å². The molecule has 0 unspecified atom stereocenters. The van der Waals surface area contributed by atoms with Gasteiger partial charge >= 0.3 is 5.69 Å². The number of hydrogen-bond donors (Lipinski definition) is 3. The maximum absolute atomic E-state index is 11.9. The molecule has 0 radical (unpaired) electrons. The fraction of sp³-hybridized carbons (Fsp3) is 0.190. The molecule has 0 aliphatic heterocycles. The number of amides is 1. The molecule has 4 aromatic rings. The van der Waals surface area contributed by atoms with Crippen molar-refractivity contribution in [3.8, 4) is 11.3 Å². The maximum Gasteiger partial charge on any atom is 0.325 e. The van der Waals surface area contributed by atoms with Crippen LogP contribution in [0.5, 0.6) is 0 Å². The highest BCUT2D eigenvalue weighted by molar-refractivity contribution is 5.93. The lowest BCUT2D eigenvalue weighted by Crippen LogP contribution is -2.23. The number of imidazole rings is 1. The van der Waals surface area contributed by atoms with Crippen molar-refractivity contribution in [3.05, 3.63) is 87.0 Å². The van der Waals surface area contributed by atoms with E-state index in [2.05, 4.69) is 25.4 Å². The van der Waals surface area contributed by atoms with Gasteiger partial charge in [-0.25, -0.2) is 14.3 Å². The van der Waals surface area contributed by atoms with Crippen molar-refractivity contribution in [3.63, 3.8) is 0 Å². The Balaban J connectivity index is 0.000000185. The van der Waals surface area contributed by atoms with Crippen LogP contribution in [0.1, 0.15) is 34.7 Å². The minimum Gasteiger partial charge on any atom is -0.355 e. The van der Waals surface area contributed by atoms with Gasteiger partial charge in [-0.05, 0) is 37.0 Å². The van der Waals surface area contributed by atoms with Crippen LogP contribution < -0.4 is 16.6 Å². The molecule has 1 amide bonds. The summed E-state index contributed by atoms with van der Waals surface area (Å²) in [5.41, 5.74) is 2.55. The minimum absolute atomic E-state index is 0.0411. The molecular weight excluding hydrogens is 384 g/mol. The summed E-state index contributed by atoms with van der Waals surface area (Å²) in [5, 5.41) is 6.92. The fourth-order valence-electron chi connectivity index (χ4n) is 3.10. The molecule has 9 nitrogen and oxygen atoms in total. The number of benzene rings is 1. The monoisotopic (exact) mass is 404 g/mol. The van der Waals surface area contributed by atoms with Crippen molar-refractivity contribution in [1.82, 2.24) is 29.9 Å². The van der Waals surface area contributed by atoms with Crippen LogP contribution in [0, 0.1) is 0 Å². The average Bonchev–Trinajstić information content (AvgIpc) is 3.50. The van der Waals surface area contributed by atoms with Gasteiger partial charge in [0.2, 0.25) is 0 Å². The lowest BCUT2D eigenvalue weighted by Gasteiger charge is -2.05. The number of nitrogens with zero attached hydrogens (tertiary/aromatic N) is 3. The highest BCUT2D eigenvalue weighted by atomic mass is 16.2. The predicted octanol–water partition coefficient (Wildman–Crippen LogP) is 1.70. The Morgan fingerprint density at radius 3 is 2.63 bits per heavy atom. The first-order valence-corrected chi connectivity index (χ1v) is 9.50. The second-order valence-corrected chi connectivity index (χ2v) is 6.89. The molecule has 3 aromatic heterocycles. The van der Waals surface area contributed by atoms with Crippen molar-refractivity contribution in [2.24, 2.45) is 0 Å². The lowest BCUT2D eigenvalue weighted by atomic mass is 10.1. The van der Waals surface area contributed by atoms with E-state index in [9.17, 15) is 14.4 Å². The minimum atomic E-state index is -0.523. The zero-order valence-corrected chi connectivity index (χ0v) is 16.3. The van der Waals surface area contributed by atoms with E-state index in [4.69, 9.17) is 0 Å². The highest BCUT2D eigenvalue weighted by Crippen LogP contribution is 2.42. The first-order chi connectivity index (χ1) is 14.6. The van der Waals surface area contributed by atoms with Crippen LogP contribution in [-0.2, 0) is 0 Å². The summed E-state index contributed by atoms with van der Waals surface area (Å²) in [6.45, 7) is 0. The van der Waals surface area contributed by atoms with E-state index in [0.717, 1.165) is 24.1 Å². The first-order valence-electron chi connectivity index (χ1n) is 9.50. The molecule has 1 saturated carbocycles. The van der Waals surface area contributed by atoms with E-state index in [1.807, 2.05) is 24.3 Å². The van der Waals surface area contributed by atoms with E-state index in [1.54, 1.807) is 36.1 Å². The van der Waals surface area contributed by atoms with Crippen molar-refractivity contribution in [2.75, 3.05) is 7.05 Å². The van der Waals surface area contributed by atoms with Gasteiger partial charge in [-0.3, -0.25) is 14.6 Å². The first kappa shape index (κ1) is 19.3. The van der Waals surface area contributed by atoms with Crippen LogP contribution in [0.2, 0.25) is 0 Å². The summed E-state index contributed by atoms with van der Waals surface area (Å²) in [4.78, 5) is 42.8. The number of H-pyrrole nitrogens is 2. The standard InChI is InChI=1S/C13H11N5O2.C8H9NO/c19-12-9(6-15-13(20)16-12)10-5-8(7-1-2-7)11-14-3-4-18(11)17-10;1-9-8(10)7-5-3-2-4-6-7/h3-7H,1-2H2,(H2,15,16,19,20);2-6H,1H3,(H,9,10). The van der Waals surface area contributed by atoms with E-state index in [1.165, 1.54) is 6.20 Å². The number of rotatable bonds is 3. The third-order valence-electron chi connectivity index (χ3n) is 4.76. The summed E-state index contributed by atoms with van der Waals surface area (Å²) in [6, 6.07) is 11.0. The van der Waals surface area contributed by atoms with E-state index in [-0.39, 0.29) is 5.91 Å². The number of fused-ring (bicyclic) bond motifs is 1. The molecule has 3 N–H and O–H groups in total. The van der Waals surface area contributed by atoms with Gasteiger partial charge in [0.05, 0.1) is 11.3 Å². The zero-order chi connectivity index (χ0) is 21.1. The van der Waals surface area contributed by atoms with Gasteiger partial charge in [0.15, 0.2) is 5.65 Å². The van der Waals surface area contributed by atoms with E-state index < -0.39 is 11.2 Å². The molecule has 0 saturated heterocycles. The zero-order valence-electron chi connectivity index (χ0n) is 16.3. The van der Waals surface area contributed by atoms with Crippen molar-refractivity contribution < 1.29 is 4.79 Å². The van der Waals surface area contributed by atoms with Crippen LogP contribution in [0.25, 0.3) is 16.9 Å². The molecule has 152 valence electrons. The third-order valence-corrected chi connectivity index (χ3v) is 4.76. The number of nitrogens with one attached hydrogen (secondary N) is 3. The van der Waals surface area contributed by atoms with Crippen LogP contribution in [0.3, 0.4) is 0 Å². The van der Waals surface area contributed by atoms with Crippen LogP contribution in [0.15, 0.2) is 64.6 Å². The van der Waals surface area contributed by atoms with E-state index >= 15 is 0 Å². The van der Waals surface area contributed by atoms with Crippen molar-refractivity contribution in [2.45, 2.75) is 18.8 Å². The largest absolute Gasteiger partial charge is 0.355 e. The highest BCUT2D eigenvalue weighted by Gasteiger charge is 2.27. The molecule has 30 heavy (non-hydrogen) atoms. The Kier molecular flexibility index (Phi) is 5.25. The quantitative estimate of drug-likeness (QED) is 0.479. The van der Waals surface area contributed by atoms with Crippen molar-refractivity contribution >= 4 is 11.6 Å². The topological polar surface area (TPSA) is 125 Å². The van der Waals surface area contributed by atoms with Gasteiger partial charge in [0, 0.05) is 36.8 Å². The van der Waals surface area contributed by atoms with Gasteiger partial charge in [-0.2, -0.15) is 5.10 Å². The van der Waals surface area contributed by atoms with Gasteiger partial charge in [0.25, 0.3) is 11.5 Å². The number of carbonyl (C=O) groups excluding carboxylic acids is 1. The number of hydrogen-bond acceptors (Lipinski definition) is 5.